The summed E-state index contributed by atoms with van der Waals surface area (Å²) in [7, 11) is 1.70. The Morgan fingerprint density at radius 3 is 2.60 bits per heavy atom. The number of carboxylic acids is 1. The number of carbonyl (C=O) groups is 2. The Morgan fingerprint density at radius 2 is 2.20 bits per heavy atom. The van der Waals surface area contributed by atoms with Crippen molar-refractivity contribution in [3.05, 3.63) is 17.5 Å². The van der Waals surface area contributed by atoms with Crippen LogP contribution in [-0.2, 0) is 11.8 Å². The second kappa shape index (κ2) is 4.12. The zero-order chi connectivity index (χ0) is 11.6. The highest BCUT2D eigenvalue weighted by molar-refractivity contribution is 5.97. The van der Waals surface area contributed by atoms with E-state index in [4.69, 9.17) is 5.11 Å². The highest BCUT2D eigenvalue weighted by atomic mass is 16.4. The molecule has 0 aliphatic rings. The molecule has 0 bridgehead atoms. The second-order valence-corrected chi connectivity index (χ2v) is 3.34. The smallest absolute Gasteiger partial charge is 0.325 e. The molecule has 1 amide bonds. The lowest BCUT2D eigenvalue weighted by molar-refractivity contribution is -0.138. The van der Waals surface area contributed by atoms with Gasteiger partial charge in [-0.15, -0.1) is 0 Å². The summed E-state index contributed by atoms with van der Waals surface area (Å²) in [6.45, 7) is 3.10. The average molecular weight is 211 g/mol. The molecular weight excluding hydrogens is 198 g/mol. The molecule has 0 radical (unpaired) electrons. The number of nitrogens with zero attached hydrogens (tertiary/aromatic N) is 2. The van der Waals surface area contributed by atoms with Gasteiger partial charge in [0.15, 0.2) is 0 Å². The van der Waals surface area contributed by atoms with Crippen molar-refractivity contribution in [2.24, 2.45) is 7.05 Å². The van der Waals surface area contributed by atoms with Crippen LogP contribution in [0.1, 0.15) is 23.0 Å². The number of hydrogen-bond donors (Lipinski definition) is 2. The SMILES string of the molecule is Cc1nn(C)cc1C(=O)N[C@@H](C)C(=O)O. The van der Waals surface area contributed by atoms with Gasteiger partial charge in [-0.05, 0) is 13.8 Å². The van der Waals surface area contributed by atoms with Gasteiger partial charge in [0.2, 0.25) is 0 Å². The van der Waals surface area contributed by atoms with E-state index in [1.807, 2.05) is 0 Å². The van der Waals surface area contributed by atoms with Crippen molar-refractivity contribution >= 4 is 11.9 Å². The zero-order valence-corrected chi connectivity index (χ0v) is 8.81. The van der Waals surface area contributed by atoms with E-state index in [0.29, 0.717) is 11.3 Å². The molecular formula is C9H13N3O3. The molecule has 82 valence electrons. The van der Waals surface area contributed by atoms with Crippen LogP contribution >= 0.6 is 0 Å². The third-order valence-electron chi connectivity index (χ3n) is 1.98. The zero-order valence-electron chi connectivity index (χ0n) is 8.81. The molecule has 1 atom stereocenters. The Hall–Kier alpha value is -1.85. The molecule has 0 saturated heterocycles. The van der Waals surface area contributed by atoms with E-state index in [0.717, 1.165) is 0 Å². The van der Waals surface area contributed by atoms with Gasteiger partial charge in [0, 0.05) is 13.2 Å². The first-order valence-corrected chi connectivity index (χ1v) is 4.45. The molecule has 6 heteroatoms. The third-order valence-corrected chi connectivity index (χ3v) is 1.98. The predicted molar refractivity (Wildman–Crippen MR) is 52.5 cm³/mol. The third kappa shape index (κ3) is 2.55. The molecule has 15 heavy (non-hydrogen) atoms. The van der Waals surface area contributed by atoms with Crippen LogP contribution in [0.5, 0.6) is 0 Å². The number of nitrogens with one attached hydrogen (secondary N) is 1. The lowest BCUT2D eigenvalue weighted by Crippen LogP contribution is -2.38. The van der Waals surface area contributed by atoms with Gasteiger partial charge in [0.1, 0.15) is 6.04 Å². The van der Waals surface area contributed by atoms with E-state index >= 15 is 0 Å². The number of carbonyl (C=O) groups excluding carboxylic acids is 1. The molecule has 0 aliphatic heterocycles. The van der Waals surface area contributed by atoms with Gasteiger partial charge < -0.3 is 10.4 Å². The van der Waals surface area contributed by atoms with E-state index < -0.39 is 17.9 Å². The highest BCUT2D eigenvalue weighted by Crippen LogP contribution is 2.04. The number of amides is 1. The number of aliphatic carboxylic acids is 1. The van der Waals surface area contributed by atoms with E-state index in [1.54, 1.807) is 20.2 Å². The fraction of sp³-hybridized carbons (Fsp3) is 0.444. The van der Waals surface area contributed by atoms with Crippen molar-refractivity contribution in [2.45, 2.75) is 19.9 Å². The summed E-state index contributed by atoms with van der Waals surface area (Å²) in [5, 5.41) is 15.0. The van der Waals surface area contributed by atoms with Crippen molar-refractivity contribution < 1.29 is 14.7 Å². The summed E-state index contributed by atoms with van der Waals surface area (Å²) in [5.41, 5.74) is 0.971. The monoisotopic (exact) mass is 211 g/mol. The Balaban J connectivity index is 2.77. The van der Waals surface area contributed by atoms with E-state index in [1.165, 1.54) is 11.6 Å². The molecule has 1 aromatic rings. The van der Waals surface area contributed by atoms with E-state index in [-0.39, 0.29) is 0 Å². The van der Waals surface area contributed by atoms with Crippen LogP contribution in [0, 0.1) is 6.92 Å². The summed E-state index contributed by atoms with van der Waals surface area (Å²) < 4.78 is 1.51. The van der Waals surface area contributed by atoms with Gasteiger partial charge in [-0.1, -0.05) is 0 Å². The number of rotatable bonds is 3. The summed E-state index contributed by atoms with van der Waals surface area (Å²) in [4.78, 5) is 22.1. The van der Waals surface area contributed by atoms with Crippen molar-refractivity contribution in [1.29, 1.82) is 0 Å². The summed E-state index contributed by atoms with van der Waals surface area (Å²) in [6.07, 6.45) is 1.55. The normalized spacial score (nSPS) is 12.2. The van der Waals surface area contributed by atoms with Gasteiger partial charge in [0.05, 0.1) is 11.3 Å². The van der Waals surface area contributed by atoms with Gasteiger partial charge in [-0.3, -0.25) is 14.3 Å². The summed E-state index contributed by atoms with van der Waals surface area (Å²) >= 11 is 0. The number of aromatic nitrogens is 2. The average Bonchev–Trinajstić information content (AvgIpc) is 2.44. The minimum absolute atomic E-state index is 0.394. The standard InChI is InChI=1S/C9H13N3O3/c1-5-7(4-12(3)11-5)8(13)10-6(2)9(14)15/h4,6H,1-3H3,(H,10,13)(H,14,15)/t6-/m0/s1. The Morgan fingerprint density at radius 1 is 1.60 bits per heavy atom. The second-order valence-electron chi connectivity index (χ2n) is 3.34. The summed E-state index contributed by atoms with van der Waals surface area (Å²) in [6, 6.07) is -0.905. The highest BCUT2D eigenvalue weighted by Gasteiger charge is 2.18. The van der Waals surface area contributed by atoms with E-state index in [2.05, 4.69) is 10.4 Å². The largest absolute Gasteiger partial charge is 0.480 e. The molecule has 1 heterocycles. The number of hydrogen-bond acceptors (Lipinski definition) is 3. The van der Waals surface area contributed by atoms with Crippen molar-refractivity contribution in [3.63, 3.8) is 0 Å². The van der Waals surface area contributed by atoms with E-state index in [9.17, 15) is 9.59 Å². The quantitative estimate of drug-likeness (QED) is 0.733. The Kier molecular flexibility index (Phi) is 3.08. The molecule has 0 fully saturated rings. The maximum absolute atomic E-state index is 11.6. The lowest BCUT2D eigenvalue weighted by Gasteiger charge is -2.07. The molecule has 1 aromatic heterocycles. The van der Waals surface area contributed by atoms with Crippen LogP contribution in [-0.4, -0.2) is 32.8 Å². The molecule has 0 aromatic carbocycles. The molecule has 0 aliphatic carbocycles. The van der Waals surface area contributed by atoms with Crippen LogP contribution in [0.3, 0.4) is 0 Å². The van der Waals surface area contributed by atoms with Crippen LogP contribution in [0.2, 0.25) is 0 Å². The van der Waals surface area contributed by atoms with Gasteiger partial charge >= 0.3 is 5.97 Å². The van der Waals surface area contributed by atoms with Gasteiger partial charge in [-0.25, -0.2) is 0 Å². The maximum atomic E-state index is 11.6. The van der Waals surface area contributed by atoms with Crippen LogP contribution in [0.25, 0.3) is 0 Å². The molecule has 0 saturated carbocycles. The number of carboxylic acid groups (broad SMARTS) is 1. The van der Waals surface area contributed by atoms with Crippen molar-refractivity contribution in [2.75, 3.05) is 0 Å². The number of aryl methyl sites for hydroxylation is 2. The first-order valence-electron chi connectivity index (χ1n) is 4.45. The van der Waals surface area contributed by atoms with Crippen LogP contribution < -0.4 is 5.32 Å². The fourth-order valence-corrected chi connectivity index (χ4v) is 1.16. The minimum atomic E-state index is -1.06. The topological polar surface area (TPSA) is 84.2 Å². The Bertz CT molecular complexity index is 397. The van der Waals surface area contributed by atoms with Crippen molar-refractivity contribution in [3.8, 4) is 0 Å². The molecule has 6 nitrogen and oxygen atoms in total. The summed E-state index contributed by atoms with van der Waals surface area (Å²) in [5.74, 6) is -1.49. The fourth-order valence-electron chi connectivity index (χ4n) is 1.16. The Labute approximate surface area is 86.9 Å². The van der Waals surface area contributed by atoms with Crippen LogP contribution in [0.15, 0.2) is 6.20 Å². The predicted octanol–water partition coefficient (Wildman–Crippen LogP) is -0.0686. The molecule has 0 spiro atoms. The van der Waals surface area contributed by atoms with Crippen molar-refractivity contribution in [1.82, 2.24) is 15.1 Å². The minimum Gasteiger partial charge on any atom is -0.480 e. The first-order chi connectivity index (χ1) is 6.91. The molecule has 0 unspecified atom stereocenters. The van der Waals surface area contributed by atoms with Gasteiger partial charge in [0.25, 0.3) is 5.91 Å². The van der Waals surface area contributed by atoms with Crippen LogP contribution in [0.4, 0.5) is 0 Å². The molecule has 1 rings (SSSR count). The van der Waals surface area contributed by atoms with Gasteiger partial charge in [-0.2, -0.15) is 5.10 Å². The molecule has 2 N–H and O–H groups in total. The first kappa shape index (κ1) is 11.2. The lowest BCUT2D eigenvalue weighted by atomic mass is 10.2. The maximum Gasteiger partial charge on any atom is 0.325 e.